The van der Waals surface area contributed by atoms with Crippen molar-refractivity contribution < 1.29 is 29.0 Å². The van der Waals surface area contributed by atoms with Crippen LogP contribution in [0, 0.1) is 5.92 Å². The number of aliphatic carboxylic acids is 1. The Kier molecular flexibility index (Phi) is 6.41. The van der Waals surface area contributed by atoms with Crippen molar-refractivity contribution in [2.75, 3.05) is 19.8 Å². The van der Waals surface area contributed by atoms with Gasteiger partial charge in [0.05, 0.1) is 18.6 Å². The summed E-state index contributed by atoms with van der Waals surface area (Å²) >= 11 is 0. The zero-order chi connectivity index (χ0) is 22.7. The van der Waals surface area contributed by atoms with Crippen LogP contribution in [0.4, 0.5) is 4.79 Å². The third kappa shape index (κ3) is 4.60. The zero-order valence-corrected chi connectivity index (χ0v) is 17.7. The number of amides is 2. The van der Waals surface area contributed by atoms with E-state index < -0.39 is 24.0 Å². The number of rotatable bonds is 7. The third-order valence-electron chi connectivity index (χ3n) is 6.00. The fourth-order valence-electron chi connectivity index (χ4n) is 4.27. The van der Waals surface area contributed by atoms with Crippen LogP contribution in [0.2, 0.25) is 0 Å². The first kappa shape index (κ1) is 21.8. The van der Waals surface area contributed by atoms with Gasteiger partial charge in [0.25, 0.3) is 0 Å². The molecule has 0 bridgehead atoms. The average molecular weight is 438 g/mol. The van der Waals surface area contributed by atoms with Crippen LogP contribution in [-0.2, 0) is 19.1 Å². The molecule has 2 aromatic rings. The number of hydrogen-bond acceptors (Lipinski definition) is 5. The van der Waals surface area contributed by atoms with E-state index in [9.17, 15) is 14.4 Å². The van der Waals surface area contributed by atoms with Crippen molar-refractivity contribution in [3.8, 4) is 11.1 Å². The lowest BCUT2D eigenvalue weighted by Crippen LogP contribution is -2.42. The van der Waals surface area contributed by atoms with E-state index >= 15 is 0 Å². The lowest BCUT2D eigenvalue weighted by molar-refractivity contribution is -0.141. The van der Waals surface area contributed by atoms with Crippen LogP contribution in [0.15, 0.2) is 48.5 Å². The van der Waals surface area contributed by atoms with Gasteiger partial charge in [-0.05, 0) is 35.6 Å². The van der Waals surface area contributed by atoms with E-state index in [2.05, 4.69) is 34.9 Å². The first-order chi connectivity index (χ1) is 15.4. The summed E-state index contributed by atoms with van der Waals surface area (Å²) in [5.74, 6) is -1.90. The number of hydrogen-bond donors (Lipinski definition) is 3. The highest BCUT2D eigenvalue weighted by molar-refractivity contribution is 5.85. The van der Waals surface area contributed by atoms with Gasteiger partial charge in [-0.1, -0.05) is 48.5 Å². The molecule has 1 fully saturated rings. The first-order valence-electron chi connectivity index (χ1n) is 10.7. The van der Waals surface area contributed by atoms with E-state index in [0.717, 1.165) is 22.3 Å². The molecule has 3 atom stereocenters. The molecule has 0 spiro atoms. The Balaban J connectivity index is 1.25. The minimum absolute atomic E-state index is 0.0137. The Labute approximate surface area is 185 Å². The molecule has 1 heterocycles. The average Bonchev–Trinajstić information content (AvgIpc) is 3.39. The van der Waals surface area contributed by atoms with Gasteiger partial charge in [0.1, 0.15) is 12.6 Å². The second kappa shape index (κ2) is 9.40. The number of carbonyl (C=O) groups excluding carboxylic acids is 2. The Morgan fingerprint density at radius 2 is 1.72 bits per heavy atom. The highest BCUT2D eigenvalue weighted by Gasteiger charge is 2.33. The van der Waals surface area contributed by atoms with Gasteiger partial charge in [0.2, 0.25) is 5.91 Å². The van der Waals surface area contributed by atoms with E-state index in [-0.39, 0.29) is 37.7 Å². The molecule has 0 unspecified atom stereocenters. The molecule has 32 heavy (non-hydrogen) atoms. The van der Waals surface area contributed by atoms with Crippen molar-refractivity contribution in [1.82, 2.24) is 10.6 Å². The summed E-state index contributed by atoms with van der Waals surface area (Å²) in [4.78, 5) is 35.3. The molecule has 0 aromatic heterocycles. The van der Waals surface area contributed by atoms with E-state index in [0.29, 0.717) is 6.42 Å². The van der Waals surface area contributed by atoms with Gasteiger partial charge in [0, 0.05) is 12.5 Å². The summed E-state index contributed by atoms with van der Waals surface area (Å²) in [6, 6.07) is 15.3. The van der Waals surface area contributed by atoms with Gasteiger partial charge in [0.15, 0.2) is 0 Å². The smallest absolute Gasteiger partial charge is 0.407 e. The molecule has 4 rings (SSSR count). The van der Waals surface area contributed by atoms with E-state index in [4.69, 9.17) is 14.6 Å². The lowest BCUT2D eigenvalue weighted by atomic mass is 9.98. The molecule has 1 saturated heterocycles. The van der Waals surface area contributed by atoms with Crippen LogP contribution < -0.4 is 10.6 Å². The maximum atomic E-state index is 12.3. The monoisotopic (exact) mass is 438 g/mol. The van der Waals surface area contributed by atoms with Gasteiger partial charge >= 0.3 is 12.1 Å². The van der Waals surface area contributed by atoms with Crippen molar-refractivity contribution in [3.05, 3.63) is 59.7 Å². The minimum Gasteiger partial charge on any atom is -0.480 e. The molecule has 2 amide bonds. The van der Waals surface area contributed by atoms with E-state index in [1.54, 1.807) is 0 Å². The molecule has 8 nitrogen and oxygen atoms in total. The Hall–Kier alpha value is -3.39. The van der Waals surface area contributed by atoms with Crippen molar-refractivity contribution in [1.29, 1.82) is 0 Å². The van der Waals surface area contributed by atoms with Crippen LogP contribution in [0.1, 0.15) is 30.4 Å². The molecule has 0 radical (unpaired) electrons. The summed E-state index contributed by atoms with van der Waals surface area (Å²) < 4.78 is 11.1. The fraction of sp³-hybridized carbons (Fsp3) is 0.375. The van der Waals surface area contributed by atoms with Crippen molar-refractivity contribution in [2.24, 2.45) is 5.92 Å². The number of benzene rings is 2. The van der Waals surface area contributed by atoms with E-state index in [1.807, 2.05) is 24.3 Å². The normalized spacial score (nSPS) is 20.2. The summed E-state index contributed by atoms with van der Waals surface area (Å²) in [6.45, 7) is 2.04. The topological polar surface area (TPSA) is 114 Å². The molecule has 1 aliphatic heterocycles. The van der Waals surface area contributed by atoms with Crippen molar-refractivity contribution in [2.45, 2.75) is 31.4 Å². The Morgan fingerprint density at radius 3 is 2.34 bits per heavy atom. The molecule has 2 aliphatic rings. The maximum Gasteiger partial charge on any atom is 0.407 e. The van der Waals surface area contributed by atoms with Crippen LogP contribution in [0.5, 0.6) is 0 Å². The molecule has 168 valence electrons. The quantitative estimate of drug-likeness (QED) is 0.612. The van der Waals surface area contributed by atoms with Crippen LogP contribution in [-0.4, -0.2) is 55.0 Å². The lowest BCUT2D eigenvalue weighted by Gasteiger charge is -2.16. The number of ether oxygens (including phenoxy) is 2. The van der Waals surface area contributed by atoms with Crippen LogP contribution in [0.25, 0.3) is 11.1 Å². The zero-order valence-electron chi connectivity index (χ0n) is 17.7. The number of alkyl carbamates (subject to hydrolysis) is 1. The summed E-state index contributed by atoms with van der Waals surface area (Å²) in [6.07, 6.45) is -0.462. The molecular weight excluding hydrogens is 412 g/mol. The molecule has 1 aliphatic carbocycles. The minimum atomic E-state index is -1.09. The second-order valence-corrected chi connectivity index (χ2v) is 8.16. The summed E-state index contributed by atoms with van der Waals surface area (Å²) in [5, 5.41) is 14.0. The first-order valence-corrected chi connectivity index (χ1v) is 10.7. The molecule has 3 N–H and O–H groups in total. The molecular formula is C24H26N2O6. The van der Waals surface area contributed by atoms with Crippen LogP contribution in [0.3, 0.4) is 0 Å². The van der Waals surface area contributed by atoms with Crippen molar-refractivity contribution >= 4 is 18.0 Å². The SMILES string of the molecule is C[C@H](NC(=O)[C@@H]1CO[C@H](CNC(=O)OCC2c3ccccc3-c3ccccc32)C1)C(=O)O. The number of fused-ring (bicyclic) bond motifs is 3. The van der Waals surface area contributed by atoms with Gasteiger partial charge in [-0.15, -0.1) is 0 Å². The molecule has 2 aromatic carbocycles. The third-order valence-corrected chi connectivity index (χ3v) is 6.00. The van der Waals surface area contributed by atoms with Crippen LogP contribution >= 0.6 is 0 Å². The number of carboxylic acid groups (broad SMARTS) is 1. The highest BCUT2D eigenvalue weighted by Crippen LogP contribution is 2.44. The largest absolute Gasteiger partial charge is 0.480 e. The Bertz CT molecular complexity index is 978. The maximum absolute atomic E-state index is 12.3. The summed E-state index contributed by atoms with van der Waals surface area (Å²) in [5.41, 5.74) is 4.62. The van der Waals surface area contributed by atoms with Gasteiger partial charge in [-0.25, -0.2) is 4.79 Å². The van der Waals surface area contributed by atoms with Gasteiger partial charge < -0.3 is 25.2 Å². The second-order valence-electron chi connectivity index (χ2n) is 8.16. The Morgan fingerprint density at radius 1 is 1.09 bits per heavy atom. The fourth-order valence-corrected chi connectivity index (χ4v) is 4.27. The molecule has 8 heteroatoms. The predicted molar refractivity (Wildman–Crippen MR) is 116 cm³/mol. The standard InChI is InChI=1S/C24H26N2O6/c1-14(23(28)29)26-22(27)15-10-16(31-12-15)11-25-24(30)32-13-21-19-8-4-2-6-17(19)18-7-3-5-9-20(18)21/h2-9,14-16,21H,10-13H2,1H3,(H,25,30)(H,26,27)(H,28,29)/t14-,15-,16-/m0/s1. The summed E-state index contributed by atoms with van der Waals surface area (Å²) in [7, 11) is 0. The number of nitrogens with one attached hydrogen (secondary N) is 2. The van der Waals surface area contributed by atoms with Crippen molar-refractivity contribution in [3.63, 3.8) is 0 Å². The van der Waals surface area contributed by atoms with E-state index in [1.165, 1.54) is 6.92 Å². The molecule has 0 saturated carbocycles. The highest BCUT2D eigenvalue weighted by atomic mass is 16.5. The number of carbonyl (C=O) groups is 3. The van der Waals surface area contributed by atoms with Gasteiger partial charge in [-0.2, -0.15) is 0 Å². The number of carboxylic acids is 1. The predicted octanol–water partition coefficient (Wildman–Crippen LogP) is 2.52. The van der Waals surface area contributed by atoms with Gasteiger partial charge in [-0.3, -0.25) is 9.59 Å².